The lowest BCUT2D eigenvalue weighted by molar-refractivity contribution is -0.130. The summed E-state index contributed by atoms with van der Waals surface area (Å²) in [6.07, 6.45) is 3.68. The van der Waals surface area contributed by atoms with Crippen LogP contribution in [0.2, 0.25) is 0 Å². The number of ether oxygens (including phenoxy) is 1. The summed E-state index contributed by atoms with van der Waals surface area (Å²) in [6.45, 7) is 13.2. The van der Waals surface area contributed by atoms with E-state index in [1.165, 1.54) is 38.9 Å². The van der Waals surface area contributed by atoms with Crippen LogP contribution < -0.4 is 0 Å². The first-order chi connectivity index (χ1) is 8.15. The van der Waals surface area contributed by atoms with Crippen molar-refractivity contribution < 1.29 is 4.74 Å². The molecule has 3 nitrogen and oxygen atoms in total. The lowest BCUT2D eigenvalue weighted by Crippen LogP contribution is -2.55. The first-order valence-corrected chi connectivity index (χ1v) is 7.20. The molecule has 2 saturated heterocycles. The SMILES string of the molecule is CCC.CCN1CCC2(CC1)CN(C)CCO2. The summed E-state index contributed by atoms with van der Waals surface area (Å²) in [4.78, 5) is 4.92. The molecule has 0 saturated carbocycles. The van der Waals surface area contributed by atoms with Crippen molar-refractivity contribution in [1.82, 2.24) is 9.80 Å². The second-order valence-electron chi connectivity index (χ2n) is 5.41. The molecule has 0 radical (unpaired) electrons. The predicted octanol–water partition coefficient (Wildman–Crippen LogP) is 2.22. The van der Waals surface area contributed by atoms with E-state index in [0.717, 1.165) is 19.7 Å². The predicted molar refractivity (Wildman–Crippen MR) is 73.5 cm³/mol. The molecule has 2 aliphatic rings. The normalized spacial score (nSPS) is 25.4. The minimum Gasteiger partial charge on any atom is -0.372 e. The van der Waals surface area contributed by atoms with Gasteiger partial charge in [0.05, 0.1) is 12.2 Å². The highest BCUT2D eigenvalue weighted by molar-refractivity contribution is 4.91. The van der Waals surface area contributed by atoms with Gasteiger partial charge >= 0.3 is 0 Å². The molecule has 2 rings (SSSR count). The van der Waals surface area contributed by atoms with Crippen molar-refractivity contribution in [2.24, 2.45) is 0 Å². The van der Waals surface area contributed by atoms with Crippen LogP contribution in [0.1, 0.15) is 40.0 Å². The van der Waals surface area contributed by atoms with Gasteiger partial charge in [-0.3, -0.25) is 0 Å². The monoisotopic (exact) mass is 242 g/mol. The van der Waals surface area contributed by atoms with Gasteiger partial charge in [0.25, 0.3) is 0 Å². The molecular formula is C14H30N2O. The smallest absolute Gasteiger partial charge is 0.0833 e. The van der Waals surface area contributed by atoms with Crippen LogP contribution >= 0.6 is 0 Å². The van der Waals surface area contributed by atoms with Gasteiger partial charge < -0.3 is 14.5 Å². The fourth-order valence-corrected chi connectivity index (χ4v) is 2.61. The summed E-state index contributed by atoms with van der Waals surface area (Å²) in [5, 5.41) is 0. The molecule has 17 heavy (non-hydrogen) atoms. The Labute approximate surface area is 107 Å². The van der Waals surface area contributed by atoms with Crippen LogP contribution in [0, 0.1) is 0 Å². The van der Waals surface area contributed by atoms with Crippen LogP contribution in [0.4, 0.5) is 0 Å². The molecule has 0 N–H and O–H groups in total. The van der Waals surface area contributed by atoms with Gasteiger partial charge in [-0.25, -0.2) is 0 Å². The number of likely N-dealkylation sites (N-methyl/N-ethyl adjacent to an activating group) is 1. The zero-order valence-electron chi connectivity index (χ0n) is 12.2. The molecule has 0 amide bonds. The first-order valence-electron chi connectivity index (χ1n) is 7.20. The quantitative estimate of drug-likeness (QED) is 0.701. The maximum atomic E-state index is 6.00. The minimum atomic E-state index is 0.193. The number of likely N-dealkylation sites (tertiary alicyclic amines) is 1. The van der Waals surface area contributed by atoms with Crippen LogP contribution in [0.25, 0.3) is 0 Å². The van der Waals surface area contributed by atoms with E-state index in [0.29, 0.717) is 0 Å². The van der Waals surface area contributed by atoms with E-state index in [-0.39, 0.29) is 5.60 Å². The first kappa shape index (κ1) is 14.9. The van der Waals surface area contributed by atoms with Crippen LogP contribution in [0.3, 0.4) is 0 Å². The molecule has 0 atom stereocenters. The third kappa shape index (κ3) is 4.57. The van der Waals surface area contributed by atoms with Gasteiger partial charge in [-0.05, 0) is 26.4 Å². The Balaban J connectivity index is 0.000000437. The molecule has 2 aliphatic heterocycles. The summed E-state index contributed by atoms with van der Waals surface area (Å²) < 4.78 is 6.00. The Morgan fingerprint density at radius 2 is 1.65 bits per heavy atom. The average Bonchev–Trinajstić information content (AvgIpc) is 2.31. The van der Waals surface area contributed by atoms with E-state index in [2.05, 4.69) is 37.6 Å². The zero-order chi connectivity index (χ0) is 12.7. The van der Waals surface area contributed by atoms with Gasteiger partial charge in [-0.15, -0.1) is 0 Å². The number of rotatable bonds is 1. The molecule has 3 heteroatoms. The summed E-state index contributed by atoms with van der Waals surface area (Å²) in [5.74, 6) is 0. The van der Waals surface area contributed by atoms with E-state index < -0.39 is 0 Å². The van der Waals surface area contributed by atoms with Gasteiger partial charge in [0.2, 0.25) is 0 Å². The molecule has 2 heterocycles. The Morgan fingerprint density at radius 3 is 2.12 bits per heavy atom. The molecule has 102 valence electrons. The molecule has 0 aromatic rings. The van der Waals surface area contributed by atoms with Crippen molar-refractivity contribution in [2.45, 2.75) is 45.6 Å². The molecule has 0 aromatic heterocycles. The number of morpholine rings is 1. The van der Waals surface area contributed by atoms with Crippen molar-refractivity contribution in [3.63, 3.8) is 0 Å². The van der Waals surface area contributed by atoms with Crippen LogP contribution in [-0.2, 0) is 4.74 Å². The van der Waals surface area contributed by atoms with E-state index in [1.54, 1.807) is 0 Å². The maximum Gasteiger partial charge on any atom is 0.0833 e. The lowest BCUT2D eigenvalue weighted by Gasteiger charge is -2.46. The fourth-order valence-electron chi connectivity index (χ4n) is 2.61. The average molecular weight is 242 g/mol. The Morgan fingerprint density at radius 1 is 1.06 bits per heavy atom. The third-order valence-corrected chi connectivity index (χ3v) is 3.65. The lowest BCUT2D eigenvalue weighted by atomic mass is 9.89. The summed E-state index contributed by atoms with van der Waals surface area (Å²) >= 11 is 0. The fraction of sp³-hybridized carbons (Fsp3) is 1.00. The number of hydrogen-bond donors (Lipinski definition) is 0. The molecular weight excluding hydrogens is 212 g/mol. The summed E-state index contributed by atoms with van der Waals surface area (Å²) in [5.41, 5.74) is 0.193. The van der Waals surface area contributed by atoms with Crippen molar-refractivity contribution in [1.29, 1.82) is 0 Å². The molecule has 0 unspecified atom stereocenters. The Kier molecular flexibility index (Phi) is 6.45. The number of hydrogen-bond acceptors (Lipinski definition) is 3. The summed E-state index contributed by atoms with van der Waals surface area (Å²) in [7, 11) is 2.20. The minimum absolute atomic E-state index is 0.193. The third-order valence-electron chi connectivity index (χ3n) is 3.65. The standard InChI is InChI=1S/C11H22N2O.C3H8/c1-3-13-6-4-11(5-7-13)10-12(2)8-9-14-11;1-3-2/h3-10H2,1-2H3;3H2,1-2H3. The van der Waals surface area contributed by atoms with Crippen molar-refractivity contribution >= 4 is 0 Å². The van der Waals surface area contributed by atoms with Crippen LogP contribution in [-0.4, -0.2) is 61.8 Å². The van der Waals surface area contributed by atoms with Gasteiger partial charge in [0.15, 0.2) is 0 Å². The number of piperidine rings is 1. The largest absolute Gasteiger partial charge is 0.372 e. The number of nitrogens with zero attached hydrogens (tertiary/aromatic N) is 2. The highest BCUT2D eigenvalue weighted by Gasteiger charge is 2.38. The topological polar surface area (TPSA) is 15.7 Å². The van der Waals surface area contributed by atoms with Gasteiger partial charge in [-0.1, -0.05) is 27.2 Å². The van der Waals surface area contributed by atoms with Gasteiger partial charge in [0.1, 0.15) is 0 Å². The van der Waals surface area contributed by atoms with E-state index in [9.17, 15) is 0 Å². The molecule has 1 spiro atoms. The molecule has 0 aliphatic carbocycles. The van der Waals surface area contributed by atoms with Gasteiger partial charge in [0, 0.05) is 26.2 Å². The highest BCUT2D eigenvalue weighted by atomic mass is 16.5. The maximum absolute atomic E-state index is 6.00. The second kappa shape index (κ2) is 7.34. The molecule has 0 bridgehead atoms. The van der Waals surface area contributed by atoms with Crippen molar-refractivity contribution in [3.8, 4) is 0 Å². The van der Waals surface area contributed by atoms with E-state index >= 15 is 0 Å². The van der Waals surface area contributed by atoms with E-state index in [1.807, 2.05) is 0 Å². The molecule has 0 aromatic carbocycles. The van der Waals surface area contributed by atoms with Crippen LogP contribution in [0.5, 0.6) is 0 Å². The molecule has 2 fully saturated rings. The van der Waals surface area contributed by atoms with Crippen LogP contribution in [0.15, 0.2) is 0 Å². The second-order valence-corrected chi connectivity index (χ2v) is 5.41. The Bertz CT molecular complexity index is 200. The van der Waals surface area contributed by atoms with E-state index in [4.69, 9.17) is 4.74 Å². The summed E-state index contributed by atoms with van der Waals surface area (Å²) in [6, 6.07) is 0. The zero-order valence-corrected chi connectivity index (χ0v) is 12.2. The highest BCUT2D eigenvalue weighted by Crippen LogP contribution is 2.29. The van der Waals surface area contributed by atoms with Crippen molar-refractivity contribution in [2.75, 3.05) is 46.4 Å². The van der Waals surface area contributed by atoms with Gasteiger partial charge in [-0.2, -0.15) is 0 Å². The Hall–Kier alpha value is -0.120. The van der Waals surface area contributed by atoms with Crippen molar-refractivity contribution in [3.05, 3.63) is 0 Å².